The van der Waals surface area contributed by atoms with Crippen LogP contribution in [0.4, 0.5) is 5.69 Å². The van der Waals surface area contributed by atoms with Crippen LogP contribution in [0.2, 0.25) is 0 Å². The van der Waals surface area contributed by atoms with Crippen molar-refractivity contribution in [3.8, 4) is 22.4 Å². The molecular formula is C20H20N2. The summed E-state index contributed by atoms with van der Waals surface area (Å²) in [6, 6.07) is 16.3. The third kappa shape index (κ3) is 2.37. The predicted molar refractivity (Wildman–Crippen MR) is 93.7 cm³/mol. The number of benzene rings is 2. The first-order chi connectivity index (χ1) is 10.6. The van der Waals surface area contributed by atoms with E-state index in [9.17, 15) is 0 Å². The molecule has 2 nitrogen and oxygen atoms in total. The molecule has 0 saturated carbocycles. The Hall–Kier alpha value is -2.61. The number of pyridine rings is 1. The second-order valence-electron chi connectivity index (χ2n) is 5.67. The van der Waals surface area contributed by atoms with E-state index in [2.05, 4.69) is 44.0 Å². The topological polar surface area (TPSA) is 38.9 Å². The first-order valence-electron chi connectivity index (χ1n) is 7.46. The summed E-state index contributed by atoms with van der Waals surface area (Å²) in [4.78, 5) is 4.60. The van der Waals surface area contributed by atoms with Crippen LogP contribution < -0.4 is 5.73 Å². The van der Waals surface area contributed by atoms with Crippen molar-refractivity contribution in [3.05, 3.63) is 71.4 Å². The third-order valence-corrected chi connectivity index (χ3v) is 4.37. The number of rotatable bonds is 2. The molecule has 0 atom stereocenters. The van der Waals surface area contributed by atoms with Crippen molar-refractivity contribution in [1.82, 2.24) is 4.98 Å². The summed E-state index contributed by atoms with van der Waals surface area (Å²) in [6.07, 6.45) is 1.82. The lowest BCUT2D eigenvalue weighted by atomic mass is 9.91. The van der Waals surface area contributed by atoms with Gasteiger partial charge < -0.3 is 5.73 Å². The van der Waals surface area contributed by atoms with Crippen LogP contribution in [0.1, 0.15) is 16.7 Å². The Morgan fingerprint density at radius 2 is 1.45 bits per heavy atom. The van der Waals surface area contributed by atoms with E-state index in [1.807, 2.05) is 36.5 Å². The third-order valence-electron chi connectivity index (χ3n) is 4.37. The van der Waals surface area contributed by atoms with Crippen molar-refractivity contribution in [2.24, 2.45) is 0 Å². The molecule has 2 heteroatoms. The van der Waals surface area contributed by atoms with Crippen LogP contribution in [-0.2, 0) is 0 Å². The summed E-state index contributed by atoms with van der Waals surface area (Å²) in [6.45, 7) is 6.48. The number of hydrogen-bond acceptors (Lipinski definition) is 2. The SMILES string of the molecule is Cc1ccc(-c2cccnc2-c2ccccc2N)c(C)c1C. The zero-order valence-corrected chi connectivity index (χ0v) is 13.2. The molecule has 0 amide bonds. The Morgan fingerprint density at radius 3 is 2.23 bits per heavy atom. The molecule has 1 heterocycles. The van der Waals surface area contributed by atoms with Crippen molar-refractivity contribution in [2.45, 2.75) is 20.8 Å². The highest BCUT2D eigenvalue weighted by Gasteiger charge is 2.13. The van der Waals surface area contributed by atoms with Crippen LogP contribution in [0.15, 0.2) is 54.7 Å². The van der Waals surface area contributed by atoms with E-state index < -0.39 is 0 Å². The number of aryl methyl sites for hydroxylation is 1. The van der Waals surface area contributed by atoms with Crippen LogP contribution in [0, 0.1) is 20.8 Å². The lowest BCUT2D eigenvalue weighted by Crippen LogP contribution is -1.96. The van der Waals surface area contributed by atoms with E-state index in [1.165, 1.54) is 22.3 Å². The van der Waals surface area contributed by atoms with Gasteiger partial charge in [-0.05, 0) is 55.2 Å². The fraction of sp³-hybridized carbons (Fsp3) is 0.150. The highest BCUT2D eigenvalue weighted by Crippen LogP contribution is 2.35. The normalized spacial score (nSPS) is 10.7. The molecule has 110 valence electrons. The number of nitrogens with two attached hydrogens (primary N) is 1. The van der Waals surface area contributed by atoms with E-state index in [4.69, 9.17) is 5.73 Å². The van der Waals surface area contributed by atoms with Gasteiger partial charge in [0.05, 0.1) is 5.69 Å². The van der Waals surface area contributed by atoms with Crippen molar-refractivity contribution in [1.29, 1.82) is 0 Å². The number of nitrogen functional groups attached to an aromatic ring is 1. The van der Waals surface area contributed by atoms with E-state index in [0.717, 1.165) is 22.5 Å². The van der Waals surface area contributed by atoms with Crippen LogP contribution in [0.25, 0.3) is 22.4 Å². The molecule has 0 bridgehead atoms. The Morgan fingerprint density at radius 1 is 0.727 bits per heavy atom. The van der Waals surface area contributed by atoms with Crippen molar-refractivity contribution in [2.75, 3.05) is 5.73 Å². The lowest BCUT2D eigenvalue weighted by Gasteiger charge is -2.15. The van der Waals surface area contributed by atoms with Crippen molar-refractivity contribution in [3.63, 3.8) is 0 Å². The van der Waals surface area contributed by atoms with Gasteiger partial charge in [-0.2, -0.15) is 0 Å². The Bertz CT molecular complexity index is 835. The lowest BCUT2D eigenvalue weighted by molar-refractivity contribution is 1.26. The van der Waals surface area contributed by atoms with Gasteiger partial charge in [0, 0.05) is 23.0 Å². The minimum Gasteiger partial charge on any atom is -0.398 e. The van der Waals surface area contributed by atoms with Gasteiger partial charge in [0.25, 0.3) is 0 Å². The standard InChI is InChI=1S/C20H20N2/c1-13-10-11-16(15(3)14(13)2)17-8-6-12-22-20(17)18-7-4-5-9-19(18)21/h4-12H,21H2,1-3H3. The quantitative estimate of drug-likeness (QED) is 0.679. The van der Waals surface area contributed by atoms with E-state index in [1.54, 1.807) is 0 Å². The molecule has 0 unspecified atom stereocenters. The summed E-state index contributed by atoms with van der Waals surface area (Å²) < 4.78 is 0. The Labute approximate surface area is 131 Å². The summed E-state index contributed by atoms with van der Waals surface area (Å²) in [5.41, 5.74) is 15.1. The molecule has 0 radical (unpaired) electrons. The van der Waals surface area contributed by atoms with Gasteiger partial charge in [-0.15, -0.1) is 0 Å². The fourth-order valence-corrected chi connectivity index (χ4v) is 2.80. The Balaban J connectivity index is 2.27. The van der Waals surface area contributed by atoms with Gasteiger partial charge in [0.1, 0.15) is 0 Å². The molecule has 3 aromatic rings. The maximum atomic E-state index is 6.15. The van der Waals surface area contributed by atoms with Crippen molar-refractivity contribution < 1.29 is 0 Å². The zero-order valence-electron chi connectivity index (χ0n) is 13.2. The molecular weight excluding hydrogens is 268 g/mol. The molecule has 0 spiro atoms. The van der Waals surface area contributed by atoms with E-state index >= 15 is 0 Å². The monoisotopic (exact) mass is 288 g/mol. The molecule has 0 saturated heterocycles. The van der Waals surface area contributed by atoms with Crippen LogP contribution in [0.3, 0.4) is 0 Å². The average molecular weight is 288 g/mol. The summed E-state index contributed by atoms with van der Waals surface area (Å²) in [5, 5.41) is 0. The van der Waals surface area contributed by atoms with Crippen LogP contribution in [-0.4, -0.2) is 4.98 Å². The summed E-state index contributed by atoms with van der Waals surface area (Å²) >= 11 is 0. The number of aromatic nitrogens is 1. The van der Waals surface area contributed by atoms with Gasteiger partial charge >= 0.3 is 0 Å². The largest absolute Gasteiger partial charge is 0.398 e. The number of anilines is 1. The minimum absolute atomic E-state index is 0.754. The molecule has 0 fully saturated rings. The smallest absolute Gasteiger partial charge is 0.0801 e. The van der Waals surface area contributed by atoms with Gasteiger partial charge in [-0.3, -0.25) is 4.98 Å². The number of hydrogen-bond donors (Lipinski definition) is 1. The second kappa shape index (κ2) is 5.64. The zero-order chi connectivity index (χ0) is 15.7. The number of para-hydroxylation sites is 1. The highest BCUT2D eigenvalue weighted by atomic mass is 14.7. The molecule has 2 N–H and O–H groups in total. The van der Waals surface area contributed by atoms with E-state index in [0.29, 0.717) is 0 Å². The van der Waals surface area contributed by atoms with Crippen LogP contribution >= 0.6 is 0 Å². The summed E-state index contributed by atoms with van der Waals surface area (Å²) in [5.74, 6) is 0. The number of nitrogens with zero attached hydrogens (tertiary/aromatic N) is 1. The molecule has 0 aliphatic heterocycles. The average Bonchev–Trinajstić information content (AvgIpc) is 2.54. The molecule has 2 aromatic carbocycles. The van der Waals surface area contributed by atoms with Gasteiger partial charge in [0.15, 0.2) is 0 Å². The maximum absolute atomic E-state index is 6.15. The minimum atomic E-state index is 0.754. The molecule has 3 rings (SSSR count). The Kier molecular flexibility index (Phi) is 3.68. The predicted octanol–water partition coefficient (Wildman–Crippen LogP) is 4.92. The fourth-order valence-electron chi connectivity index (χ4n) is 2.80. The van der Waals surface area contributed by atoms with Gasteiger partial charge in [0.2, 0.25) is 0 Å². The molecule has 0 aliphatic carbocycles. The molecule has 22 heavy (non-hydrogen) atoms. The molecule has 0 aliphatic rings. The van der Waals surface area contributed by atoms with Gasteiger partial charge in [-0.1, -0.05) is 36.4 Å². The van der Waals surface area contributed by atoms with E-state index in [-0.39, 0.29) is 0 Å². The maximum Gasteiger partial charge on any atom is 0.0801 e. The first kappa shape index (κ1) is 14.3. The second-order valence-corrected chi connectivity index (χ2v) is 5.67. The van der Waals surface area contributed by atoms with Crippen molar-refractivity contribution >= 4 is 5.69 Å². The van der Waals surface area contributed by atoms with Gasteiger partial charge in [-0.25, -0.2) is 0 Å². The van der Waals surface area contributed by atoms with Crippen LogP contribution in [0.5, 0.6) is 0 Å². The molecule has 1 aromatic heterocycles. The first-order valence-corrected chi connectivity index (χ1v) is 7.46. The highest BCUT2D eigenvalue weighted by molar-refractivity contribution is 5.87. The summed E-state index contributed by atoms with van der Waals surface area (Å²) in [7, 11) is 0.